The number of nitrogens with zero attached hydrogens (tertiary/aromatic N) is 2. The van der Waals surface area contributed by atoms with Crippen molar-refractivity contribution in [3.8, 4) is 0 Å². The van der Waals surface area contributed by atoms with Crippen LogP contribution in [0.5, 0.6) is 0 Å². The van der Waals surface area contributed by atoms with Gasteiger partial charge in [0.25, 0.3) is 5.91 Å². The monoisotopic (exact) mass is 292 g/mol. The number of amides is 2. The number of pyridine rings is 1. The molecule has 1 atom stereocenters. The second-order valence-corrected chi connectivity index (χ2v) is 5.55. The summed E-state index contributed by atoms with van der Waals surface area (Å²) in [5.74, 6) is -0.581. The minimum atomic E-state index is -0.592. The molecule has 0 aliphatic carbocycles. The fourth-order valence-corrected chi connectivity index (χ4v) is 2.29. The summed E-state index contributed by atoms with van der Waals surface area (Å²) in [4.78, 5) is 29.5. The van der Waals surface area contributed by atoms with E-state index in [1.807, 2.05) is 13.8 Å². The van der Waals surface area contributed by atoms with Gasteiger partial charge in [0.05, 0.1) is 23.8 Å². The summed E-state index contributed by atoms with van der Waals surface area (Å²) in [7, 11) is 0. The van der Waals surface area contributed by atoms with Crippen LogP contribution in [-0.4, -0.2) is 39.5 Å². The Hall–Kier alpha value is -1.99. The number of hydrogen-bond acceptors (Lipinski definition) is 5. The molecule has 1 aromatic rings. The molecule has 7 nitrogen and oxygen atoms in total. The van der Waals surface area contributed by atoms with E-state index in [2.05, 4.69) is 4.98 Å². The van der Waals surface area contributed by atoms with Crippen LogP contribution in [0.1, 0.15) is 35.5 Å². The molecule has 0 spiro atoms. The molecule has 0 bridgehead atoms. The highest BCUT2D eigenvalue weighted by Gasteiger charge is 2.27. The lowest BCUT2D eigenvalue weighted by Crippen LogP contribution is -2.48. The second kappa shape index (κ2) is 6.19. The number of fused-ring (bicyclic) bond motifs is 1. The van der Waals surface area contributed by atoms with Gasteiger partial charge in [-0.2, -0.15) is 0 Å². The van der Waals surface area contributed by atoms with E-state index in [-0.39, 0.29) is 11.8 Å². The summed E-state index contributed by atoms with van der Waals surface area (Å²) in [6.07, 6.45) is 2.01. The van der Waals surface area contributed by atoms with E-state index in [4.69, 9.17) is 10.9 Å². The molecule has 0 radical (unpaired) electrons. The number of rotatable bonds is 3. The maximum Gasteiger partial charge on any atom is 0.276 e. The van der Waals surface area contributed by atoms with Crippen LogP contribution in [0.25, 0.3) is 0 Å². The van der Waals surface area contributed by atoms with Gasteiger partial charge in [-0.05, 0) is 24.0 Å². The molecule has 21 heavy (non-hydrogen) atoms. The zero-order valence-electron chi connectivity index (χ0n) is 12.2. The van der Waals surface area contributed by atoms with Gasteiger partial charge in [-0.15, -0.1) is 0 Å². The SMILES string of the molecule is CC(C)C(N)C(=O)N1CCc2cc(C(=O)NO)cnc2C1. The van der Waals surface area contributed by atoms with Crippen molar-refractivity contribution >= 4 is 11.8 Å². The van der Waals surface area contributed by atoms with Gasteiger partial charge in [0.2, 0.25) is 5.91 Å². The molecule has 2 amide bonds. The van der Waals surface area contributed by atoms with Crippen LogP contribution in [0, 0.1) is 5.92 Å². The minimum Gasteiger partial charge on any atom is -0.335 e. The van der Waals surface area contributed by atoms with Crippen LogP contribution in [0.3, 0.4) is 0 Å². The quantitative estimate of drug-likeness (QED) is 0.539. The van der Waals surface area contributed by atoms with Crippen molar-refractivity contribution in [3.05, 3.63) is 29.1 Å². The molecular weight excluding hydrogens is 272 g/mol. The zero-order chi connectivity index (χ0) is 15.6. The topological polar surface area (TPSA) is 109 Å². The Labute approximate surface area is 123 Å². The number of carbonyl (C=O) groups excluding carboxylic acids is 2. The van der Waals surface area contributed by atoms with E-state index in [1.54, 1.807) is 16.4 Å². The van der Waals surface area contributed by atoms with E-state index in [0.717, 1.165) is 11.3 Å². The molecule has 0 saturated carbocycles. The maximum absolute atomic E-state index is 12.2. The third-order valence-corrected chi connectivity index (χ3v) is 3.73. The molecule has 1 aliphatic rings. The highest BCUT2D eigenvalue weighted by molar-refractivity contribution is 5.93. The molecule has 0 aromatic carbocycles. The second-order valence-electron chi connectivity index (χ2n) is 5.55. The summed E-state index contributed by atoms with van der Waals surface area (Å²) in [6, 6.07) is 1.18. The van der Waals surface area contributed by atoms with Gasteiger partial charge < -0.3 is 10.6 Å². The highest BCUT2D eigenvalue weighted by atomic mass is 16.5. The van der Waals surface area contributed by atoms with Crippen LogP contribution in [0.4, 0.5) is 0 Å². The first-order valence-corrected chi connectivity index (χ1v) is 6.90. The Morgan fingerprint density at radius 3 is 2.81 bits per heavy atom. The molecule has 7 heteroatoms. The van der Waals surface area contributed by atoms with Crippen LogP contribution >= 0.6 is 0 Å². The van der Waals surface area contributed by atoms with Gasteiger partial charge in [0.15, 0.2) is 0 Å². The number of hydrogen-bond donors (Lipinski definition) is 3. The van der Waals surface area contributed by atoms with E-state index < -0.39 is 11.9 Å². The van der Waals surface area contributed by atoms with Crippen molar-refractivity contribution < 1.29 is 14.8 Å². The first-order chi connectivity index (χ1) is 9.93. The molecule has 1 unspecified atom stereocenters. The first-order valence-electron chi connectivity index (χ1n) is 6.90. The van der Waals surface area contributed by atoms with Gasteiger partial charge in [0.1, 0.15) is 0 Å². The Balaban J connectivity index is 2.15. The van der Waals surface area contributed by atoms with Crippen LogP contribution < -0.4 is 11.2 Å². The van der Waals surface area contributed by atoms with Gasteiger partial charge in [-0.1, -0.05) is 13.8 Å². The van der Waals surface area contributed by atoms with Gasteiger partial charge in [0, 0.05) is 12.7 Å². The van der Waals surface area contributed by atoms with Crippen LogP contribution in [0.15, 0.2) is 12.3 Å². The molecule has 4 N–H and O–H groups in total. The number of nitrogens with two attached hydrogens (primary N) is 1. The number of nitrogens with one attached hydrogen (secondary N) is 1. The molecular formula is C14H20N4O3. The van der Waals surface area contributed by atoms with Crippen molar-refractivity contribution in [2.75, 3.05) is 6.54 Å². The van der Waals surface area contributed by atoms with Gasteiger partial charge in [-0.25, -0.2) is 5.48 Å². The van der Waals surface area contributed by atoms with Gasteiger partial charge >= 0.3 is 0 Å². The molecule has 114 valence electrons. The lowest BCUT2D eigenvalue weighted by Gasteiger charge is -2.31. The largest absolute Gasteiger partial charge is 0.335 e. The average molecular weight is 292 g/mol. The fourth-order valence-electron chi connectivity index (χ4n) is 2.29. The smallest absolute Gasteiger partial charge is 0.276 e. The van der Waals surface area contributed by atoms with E-state index in [1.165, 1.54) is 6.20 Å². The summed E-state index contributed by atoms with van der Waals surface area (Å²) in [6.45, 7) is 4.78. The molecule has 2 heterocycles. The number of hydroxylamine groups is 1. The highest BCUT2D eigenvalue weighted by Crippen LogP contribution is 2.19. The fraction of sp³-hybridized carbons (Fsp3) is 0.500. The van der Waals surface area contributed by atoms with Crippen LogP contribution in [0.2, 0.25) is 0 Å². The van der Waals surface area contributed by atoms with E-state index in [9.17, 15) is 9.59 Å². The maximum atomic E-state index is 12.2. The Morgan fingerprint density at radius 1 is 1.48 bits per heavy atom. The molecule has 0 saturated heterocycles. The van der Waals surface area contributed by atoms with Crippen LogP contribution in [-0.2, 0) is 17.8 Å². The van der Waals surface area contributed by atoms with Crippen molar-refractivity contribution in [1.29, 1.82) is 0 Å². The lowest BCUT2D eigenvalue weighted by molar-refractivity contribution is -0.134. The summed E-state index contributed by atoms with van der Waals surface area (Å²) in [5, 5.41) is 8.63. The molecule has 1 aliphatic heterocycles. The Bertz CT molecular complexity index is 559. The number of carbonyl (C=O) groups is 2. The summed E-state index contributed by atoms with van der Waals surface area (Å²) < 4.78 is 0. The minimum absolute atomic E-state index is 0.0744. The summed E-state index contributed by atoms with van der Waals surface area (Å²) >= 11 is 0. The predicted octanol–water partition coefficient (Wildman–Crippen LogP) is 0.0686. The summed E-state index contributed by atoms with van der Waals surface area (Å²) in [5.41, 5.74) is 9.46. The standard InChI is InChI=1S/C14H20N4O3/c1-8(2)12(15)14(20)18-4-3-9-5-10(13(19)17-21)6-16-11(9)7-18/h5-6,8,12,21H,3-4,7,15H2,1-2H3,(H,17,19). The van der Waals surface area contributed by atoms with Crippen molar-refractivity contribution in [2.45, 2.75) is 32.9 Å². The van der Waals surface area contributed by atoms with Crippen molar-refractivity contribution in [1.82, 2.24) is 15.4 Å². The van der Waals surface area contributed by atoms with E-state index in [0.29, 0.717) is 25.1 Å². The Kier molecular flexibility index (Phi) is 4.54. The van der Waals surface area contributed by atoms with Crippen molar-refractivity contribution in [3.63, 3.8) is 0 Å². The third kappa shape index (κ3) is 3.20. The molecule has 0 fully saturated rings. The number of aromatic nitrogens is 1. The van der Waals surface area contributed by atoms with Crippen molar-refractivity contribution in [2.24, 2.45) is 11.7 Å². The third-order valence-electron chi connectivity index (χ3n) is 3.73. The predicted molar refractivity (Wildman–Crippen MR) is 75.4 cm³/mol. The average Bonchev–Trinajstić information content (AvgIpc) is 2.51. The molecule has 2 rings (SSSR count). The first kappa shape index (κ1) is 15.4. The molecule has 1 aromatic heterocycles. The van der Waals surface area contributed by atoms with E-state index >= 15 is 0 Å². The van der Waals surface area contributed by atoms with Gasteiger partial charge in [-0.3, -0.25) is 19.8 Å². The Morgan fingerprint density at radius 2 is 2.19 bits per heavy atom. The zero-order valence-corrected chi connectivity index (χ0v) is 12.2. The lowest BCUT2D eigenvalue weighted by atomic mass is 9.99. The normalized spacial score (nSPS) is 15.6.